The summed E-state index contributed by atoms with van der Waals surface area (Å²) in [5.74, 6) is 0.707. The molecule has 0 amide bonds. The molecule has 0 fully saturated rings. The predicted molar refractivity (Wildman–Crippen MR) is 83.3 cm³/mol. The van der Waals surface area contributed by atoms with Gasteiger partial charge in [0.2, 0.25) is 0 Å². The standard InChI is InChI=1S/C15H14Cl2FNO2/c1-20-14-5-9(11(16)7-15(14)21-2)8-19-10-3-4-13(18)12(17)6-10/h3-7,19H,8H2,1-2H3. The molecule has 0 aliphatic rings. The number of rotatable bonds is 5. The Hall–Kier alpha value is -1.65. The van der Waals surface area contributed by atoms with Crippen molar-refractivity contribution >= 4 is 28.9 Å². The fourth-order valence-corrected chi connectivity index (χ4v) is 2.24. The lowest BCUT2D eigenvalue weighted by molar-refractivity contribution is 0.354. The largest absolute Gasteiger partial charge is 0.493 e. The third-order valence-electron chi connectivity index (χ3n) is 2.96. The van der Waals surface area contributed by atoms with E-state index in [-0.39, 0.29) is 5.02 Å². The molecule has 1 N–H and O–H groups in total. The van der Waals surface area contributed by atoms with Crippen molar-refractivity contribution in [3.05, 3.63) is 51.8 Å². The van der Waals surface area contributed by atoms with Crippen molar-refractivity contribution in [1.82, 2.24) is 0 Å². The van der Waals surface area contributed by atoms with Gasteiger partial charge in [0.1, 0.15) is 5.82 Å². The topological polar surface area (TPSA) is 30.5 Å². The second-order valence-electron chi connectivity index (χ2n) is 4.28. The van der Waals surface area contributed by atoms with Crippen LogP contribution >= 0.6 is 23.2 Å². The maximum absolute atomic E-state index is 13.1. The Morgan fingerprint density at radius 3 is 2.29 bits per heavy atom. The van der Waals surface area contributed by atoms with E-state index >= 15 is 0 Å². The van der Waals surface area contributed by atoms with Crippen LogP contribution in [-0.4, -0.2) is 14.2 Å². The lowest BCUT2D eigenvalue weighted by Gasteiger charge is -2.13. The molecule has 112 valence electrons. The first-order valence-corrected chi connectivity index (χ1v) is 6.90. The number of anilines is 1. The Balaban J connectivity index is 2.17. The molecule has 0 unspecified atom stereocenters. The summed E-state index contributed by atoms with van der Waals surface area (Å²) in [7, 11) is 3.11. The van der Waals surface area contributed by atoms with Gasteiger partial charge in [-0.2, -0.15) is 0 Å². The Kier molecular flexibility index (Phi) is 5.15. The lowest BCUT2D eigenvalue weighted by Crippen LogP contribution is -2.02. The van der Waals surface area contributed by atoms with Gasteiger partial charge in [-0.15, -0.1) is 0 Å². The fourth-order valence-electron chi connectivity index (χ4n) is 1.84. The summed E-state index contributed by atoms with van der Waals surface area (Å²) in [6, 6.07) is 7.91. The molecular formula is C15H14Cl2FNO2. The minimum atomic E-state index is -0.452. The van der Waals surface area contributed by atoms with Crippen molar-refractivity contribution in [1.29, 1.82) is 0 Å². The average molecular weight is 330 g/mol. The first-order chi connectivity index (χ1) is 10.0. The van der Waals surface area contributed by atoms with E-state index in [1.807, 2.05) is 0 Å². The minimum Gasteiger partial charge on any atom is -0.493 e. The summed E-state index contributed by atoms with van der Waals surface area (Å²) in [5, 5.41) is 3.74. The first-order valence-electron chi connectivity index (χ1n) is 6.14. The fraction of sp³-hybridized carbons (Fsp3) is 0.200. The van der Waals surface area contributed by atoms with Gasteiger partial charge in [0.25, 0.3) is 0 Å². The highest BCUT2D eigenvalue weighted by atomic mass is 35.5. The predicted octanol–water partition coefficient (Wildman–Crippen LogP) is 4.76. The van der Waals surface area contributed by atoms with Crippen LogP contribution in [0.5, 0.6) is 11.5 Å². The van der Waals surface area contributed by atoms with Crippen molar-refractivity contribution in [3.8, 4) is 11.5 Å². The van der Waals surface area contributed by atoms with Gasteiger partial charge in [-0.05, 0) is 29.8 Å². The lowest BCUT2D eigenvalue weighted by atomic mass is 10.2. The zero-order valence-corrected chi connectivity index (χ0v) is 13.1. The molecule has 0 aliphatic heterocycles. The van der Waals surface area contributed by atoms with Crippen molar-refractivity contribution in [2.45, 2.75) is 6.54 Å². The Morgan fingerprint density at radius 1 is 1.00 bits per heavy atom. The molecule has 2 aromatic carbocycles. The average Bonchev–Trinajstić information content (AvgIpc) is 2.49. The smallest absolute Gasteiger partial charge is 0.162 e. The second kappa shape index (κ2) is 6.87. The van der Waals surface area contributed by atoms with Crippen molar-refractivity contribution < 1.29 is 13.9 Å². The van der Waals surface area contributed by atoms with E-state index in [4.69, 9.17) is 32.7 Å². The SMILES string of the molecule is COc1cc(Cl)c(CNc2ccc(F)c(Cl)c2)cc1OC. The van der Waals surface area contributed by atoms with Gasteiger partial charge in [0.15, 0.2) is 11.5 Å². The number of ether oxygens (including phenoxy) is 2. The van der Waals surface area contributed by atoms with E-state index in [0.717, 1.165) is 5.56 Å². The molecular weight excluding hydrogens is 316 g/mol. The highest BCUT2D eigenvalue weighted by Gasteiger charge is 2.10. The zero-order chi connectivity index (χ0) is 15.4. The molecule has 0 bridgehead atoms. The van der Waals surface area contributed by atoms with Gasteiger partial charge in [-0.1, -0.05) is 23.2 Å². The minimum absolute atomic E-state index is 0.0680. The van der Waals surface area contributed by atoms with Gasteiger partial charge in [-0.3, -0.25) is 0 Å². The van der Waals surface area contributed by atoms with Crippen LogP contribution in [0.2, 0.25) is 10.0 Å². The third-order valence-corrected chi connectivity index (χ3v) is 3.60. The van der Waals surface area contributed by atoms with E-state index in [2.05, 4.69) is 5.32 Å². The monoisotopic (exact) mass is 329 g/mol. The molecule has 0 heterocycles. The van der Waals surface area contributed by atoms with E-state index in [1.165, 1.54) is 12.1 Å². The maximum atomic E-state index is 13.1. The van der Waals surface area contributed by atoms with E-state index in [9.17, 15) is 4.39 Å². The third kappa shape index (κ3) is 3.71. The van der Waals surface area contributed by atoms with E-state index < -0.39 is 5.82 Å². The molecule has 6 heteroatoms. The number of methoxy groups -OCH3 is 2. The van der Waals surface area contributed by atoms with Crippen LogP contribution in [-0.2, 0) is 6.54 Å². The molecule has 3 nitrogen and oxygen atoms in total. The van der Waals surface area contributed by atoms with Crippen LogP contribution < -0.4 is 14.8 Å². The van der Waals surface area contributed by atoms with E-state index in [1.54, 1.807) is 32.4 Å². The van der Waals surface area contributed by atoms with Crippen LogP contribution in [0.3, 0.4) is 0 Å². The molecule has 2 aromatic rings. The number of hydrogen-bond donors (Lipinski definition) is 1. The van der Waals surface area contributed by atoms with Crippen LogP contribution in [0.4, 0.5) is 10.1 Å². The second-order valence-corrected chi connectivity index (χ2v) is 5.10. The molecule has 0 spiro atoms. The van der Waals surface area contributed by atoms with Gasteiger partial charge < -0.3 is 14.8 Å². The van der Waals surface area contributed by atoms with Gasteiger partial charge >= 0.3 is 0 Å². The van der Waals surface area contributed by atoms with Crippen molar-refractivity contribution in [2.75, 3.05) is 19.5 Å². The molecule has 0 radical (unpaired) electrons. The molecule has 0 atom stereocenters. The summed E-state index contributed by atoms with van der Waals surface area (Å²) < 4.78 is 23.5. The number of nitrogens with one attached hydrogen (secondary N) is 1. The molecule has 0 saturated heterocycles. The number of halogens is 3. The Labute approximate surface area is 132 Å². The molecule has 0 saturated carbocycles. The number of benzene rings is 2. The molecule has 2 rings (SSSR count). The van der Waals surface area contributed by atoms with Gasteiger partial charge in [0, 0.05) is 23.3 Å². The Bertz CT molecular complexity index is 650. The molecule has 0 aliphatic carbocycles. The summed E-state index contributed by atoms with van der Waals surface area (Å²) in [6.45, 7) is 0.446. The van der Waals surface area contributed by atoms with Gasteiger partial charge in [-0.25, -0.2) is 4.39 Å². The normalized spacial score (nSPS) is 10.3. The highest BCUT2D eigenvalue weighted by molar-refractivity contribution is 6.31. The summed E-state index contributed by atoms with van der Waals surface area (Å²) in [6.07, 6.45) is 0. The van der Waals surface area contributed by atoms with Crippen LogP contribution in [0.25, 0.3) is 0 Å². The van der Waals surface area contributed by atoms with Crippen LogP contribution in [0, 0.1) is 5.82 Å². The number of hydrogen-bond acceptors (Lipinski definition) is 3. The molecule has 0 aromatic heterocycles. The van der Waals surface area contributed by atoms with E-state index in [0.29, 0.717) is 28.8 Å². The first kappa shape index (κ1) is 15.7. The zero-order valence-electron chi connectivity index (χ0n) is 11.5. The summed E-state index contributed by atoms with van der Waals surface area (Å²) >= 11 is 11.9. The summed E-state index contributed by atoms with van der Waals surface area (Å²) in [5.41, 5.74) is 1.53. The molecule has 21 heavy (non-hydrogen) atoms. The van der Waals surface area contributed by atoms with Crippen molar-refractivity contribution in [3.63, 3.8) is 0 Å². The van der Waals surface area contributed by atoms with Crippen molar-refractivity contribution in [2.24, 2.45) is 0 Å². The van der Waals surface area contributed by atoms with Gasteiger partial charge in [0.05, 0.1) is 19.2 Å². The quantitative estimate of drug-likeness (QED) is 0.857. The van der Waals surface area contributed by atoms with Crippen LogP contribution in [0.15, 0.2) is 30.3 Å². The summed E-state index contributed by atoms with van der Waals surface area (Å²) in [4.78, 5) is 0. The Morgan fingerprint density at radius 2 is 1.67 bits per heavy atom. The highest BCUT2D eigenvalue weighted by Crippen LogP contribution is 2.33. The van der Waals surface area contributed by atoms with Crippen LogP contribution in [0.1, 0.15) is 5.56 Å². The maximum Gasteiger partial charge on any atom is 0.162 e.